The van der Waals surface area contributed by atoms with E-state index >= 15 is 0 Å². The maximum atomic E-state index is 4.95. The van der Waals surface area contributed by atoms with Gasteiger partial charge in [0.05, 0.1) is 22.1 Å². The number of aromatic amines is 2. The minimum Gasteiger partial charge on any atom is -0.342 e. The molecule has 0 bridgehead atoms. The predicted molar refractivity (Wildman–Crippen MR) is 156 cm³/mol. The molecule has 0 aliphatic heterocycles. The molecule has 8 rings (SSSR count). The molecular formula is C32H24N6. The zero-order chi connectivity index (χ0) is 25.5. The van der Waals surface area contributed by atoms with Crippen molar-refractivity contribution in [3.63, 3.8) is 0 Å². The van der Waals surface area contributed by atoms with Gasteiger partial charge in [-0.1, -0.05) is 38.1 Å². The first-order chi connectivity index (χ1) is 18.6. The molecule has 0 spiro atoms. The Balaban J connectivity index is 1.42. The zero-order valence-electron chi connectivity index (χ0n) is 21.3. The molecule has 0 amide bonds. The van der Waals surface area contributed by atoms with Gasteiger partial charge in [0.2, 0.25) is 0 Å². The lowest BCUT2D eigenvalue weighted by Gasteiger charge is -2.11. The number of aromatic nitrogens is 6. The second-order valence-electron chi connectivity index (χ2n) is 10.4. The van der Waals surface area contributed by atoms with Crippen molar-refractivity contribution in [3.05, 3.63) is 85.0 Å². The maximum absolute atomic E-state index is 4.95. The molecule has 0 radical (unpaired) electrons. The summed E-state index contributed by atoms with van der Waals surface area (Å²) >= 11 is 0. The first-order valence-corrected chi connectivity index (χ1v) is 12.9. The Morgan fingerprint density at radius 3 is 1.71 bits per heavy atom. The topological polar surface area (TPSA) is 83.1 Å². The highest BCUT2D eigenvalue weighted by Crippen LogP contribution is 2.39. The van der Waals surface area contributed by atoms with E-state index in [9.17, 15) is 0 Å². The molecule has 38 heavy (non-hydrogen) atoms. The van der Waals surface area contributed by atoms with Crippen LogP contribution in [0.4, 0.5) is 0 Å². The van der Waals surface area contributed by atoms with Crippen LogP contribution in [0.3, 0.4) is 0 Å². The molecule has 4 aromatic heterocycles. The third kappa shape index (κ3) is 2.88. The van der Waals surface area contributed by atoms with E-state index in [0.29, 0.717) is 5.92 Å². The van der Waals surface area contributed by atoms with Crippen LogP contribution in [0.5, 0.6) is 0 Å². The van der Waals surface area contributed by atoms with Gasteiger partial charge in [-0.2, -0.15) is 0 Å². The van der Waals surface area contributed by atoms with Crippen LogP contribution in [0.15, 0.2) is 73.3 Å². The van der Waals surface area contributed by atoms with E-state index in [1.807, 2.05) is 31.7 Å². The molecule has 6 nitrogen and oxygen atoms in total. The number of H-pyrrole nitrogens is 2. The highest BCUT2D eigenvalue weighted by Gasteiger charge is 2.16. The number of nitrogens with zero attached hydrogens (tertiary/aromatic N) is 4. The summed E-state index contributed by atoms with van der Waals surface area (Å²) in [6, 6.07) is 17.7. The largest absolute Gasteiger partial charge is 0.342 e. The summed E-state index contributed by atoms with van der Waals surface area (Å²) in [4.78, 5) is 25.6. The summed E-state index contributed by atoms with van der Waals surface area (Å²) < 4.78 is 0. The molecule has 8 aromatic rings. The Labute approximate surface area is 217 Å². The molecule has 182 valence electrons. The van der Waals surface area contributed by atoms with Crippen molar-refractivity contribution in [2.45, 2.75) is 26.7 Å². The molecule has 0 saturated heterocycles. The summed E-state index contributed by atoms with van der Waals surface area (Å²) in [7, 11) is 0. The van der Waals surface area contributed by atoms with E-state index in [1.54, 1.807) is 0 Å². The summed E-state index contributed by atoms with van der Waals surface area (Å²) in [6.07, 6.45) is 7.57. The lowest BCUT2D eigenvalue weighted by atomic mass is 9.94. The van der Waals surface area contributed by atoms with E-state index < -0.39 is 0 Å². The number of fused-ring (bicyclic) bond motifs is 12. The van der Waals surface area contributed by atoms with Gasteiger partial charge < -0.3 is 9.97 Å². The summed E-state index contributed by atoms with van der Waals surface area (Å²) in [5.74, 6) is 2.22. The fourth-order valence-electron chi connectivity index (χ4n) is 5.90. The van der Waals surface area contributed by atoms with E-state index in [4.69, 9.17) is 9.97 Å². The smallest absolute Gasteiger partial charge is 0.109 e. The lowest BCUT2D eigenvalue weighted by molar-refractivity contribution is 0.799. The van der Waals surface area contributed by atoms with Gasteiger partial charge in [-0.05, 0) is 63.9 Å². The summed E-state index contributed by atoms with van der Waals surface area (Å²) in [5, 5.41) is 9.19. The quantitative estimate of drug-likeness (QED) is 0.240. The van der Waals surface area contributed by atoms with Crippen molar-refractivity contribution >= 4 is 65.2 Å². The zero-order valence-corrected chi connectivity index (χ0v) is 21.3. The van der Waals surface area contributed by atoms with Gasteiger partial charge in [-0.25, -0.2) is 9.97 Å². The number of imidazole rings is 2. The van der Waals surface area contributed by atoms with Crippen LogP contribution in [-0.4, -0.2) is 29.9 Å². The maximum Gasteiger partial charge on any atom is 0.109 e. The fourth-order valence-corrected chi connectivity index (χ4v) is 5.90. The summed E-state index contributed by atoms with van der Waals surface area (Å²) in [6.45, 7) is 6.32. The standard InChI is InChI=1S/C32H24N6/c1-16(2)32-37-29-23-7-5-19(13-25(23)21-9-11-34-15-27(21)31(29)38-32)18-4-6-22-24(12-18)20-8-10-33-14-26(20)30-28(22)35-17(3)36-30/h4-16H,1-3H3,(H,35,36)(H,37,38). The predicted octanol–water partition coefficient (Wildman–Crippen LogP) is 7.94. The van der Waals surface area contributed by atoms with Crippen LogP contribution in [0.2, 0.25) is 0 Å². The molecule has 4 heterocycles. The van der Waals surface area contributed by atoms with E-state index in [0.717, 1.165) is 55.3 Å². The van der Waals surface area contributed by atoms with Gasteiger partial charge in [0, 0.05) is 52.3 Å². The molecular weight excluding hydrogens is 468 g/mol. The van der Waals surface area contributed by atoms with Crippen LogP contribution >= 0.6 is 0 Å². The first kappa shape index (κ1) is 21.3. The average molecular weight is 493 g/mol. The van der Waals surface area contributed by atoms with Crippen molar-refractivity contribution in [3.8, 4) is 11.1 Å². The molecule has 0 saturated carbocycles. The van der Waals surface area contributed by atoms with Crippen molar-refractivity contribution in [2.24, 2.45) is 0 Å². The first-order valence-electron chi connectivity index (χ1n) is 12.9. The van der Waals surface area contributed by atoms with Gasteiger partial charge in [0.1, 0.15) is 11.6 Å². The van der Waals surface area contributed by atoms with Crippen molar-refractivity contribution in [1.29, 1.82) is 0 Å². The Kier molecular flexibility index (Phi) is 4.24. The third-order valence-corrected chi connectivity index (χ3v) is 7.74. The Hall–Kier alpha value is -4.84. The van der Waals surface area contributed by atoms with Gasteiger partial charge in [0.25, 0.3) is 0 Å². The third-order valence-electron chi connectivity index (χ3n) is 7.74. The fraction of sp³-hybridized carbons (Fsp3) is 0.125. The van der Waals surface area contributed by atoms with Crippen LogP contribution < -0.4 is 0 Å². The minimum atomic E-state index is 0.316. The number of aryl methyl sites for hydroxylation is 1. The SMILES string of the molecule is Cc1nc2c3cnccc3c3cc(-c4ccc5c(c4)c4ccncc4c4nc(C(C)C)[nH]c54)ccc3c2[nH]1. The van der Waals surface area contributed by atoms with Gasteiger partial charge in [-0.15, -0.1) is 0 Å². The molecule has 0 aliphatic carbocycles. The van der Waals surface area contributed by atoms with E-state index in [2.05, 4.69) is 82.3 Å². The van der Waals surface area contributed by atoms with E-state index in [-0.39, 0.29) is 0 Å². The number of nitrogens with one attached hydrogen (secondary N) is 2. The molecule has 2 N–H and O–H groups in total. The van der Waals surface area contributed by atoms with Gasteiger partial charge >= 0.3 is 0 Å². The number of benzene rings is 4. The molecule has 0 atom stereocenters. The molecule has 0 unspecified atom stereocenters. The molecule has 0 fully saturated rings. The van der Waals surface area contributed by atoms with Crippen molar-refractivity contribution in [1.82, 2.24) is 29.9 Å². The number of rotatable bonds is 2. The Morgan fingerprint density at radius 1 is 0.579 bits per heavy atom. The highest BCUT2D eigenvalue weighted by molar-refractivity contribution is 6.25. The Bertz CT molecular complexity index is 2240. The average Bonchev–Trinajstić information content (AvgIpc) is 3.58. The highest BCUT2D eigenvalue weighted by atomic mass is 14.9. The minimum absolute atomic E-state index is 0.316. The molecule has 6 heteroatoms. The van der Waals surface area contributed by atoms with Gasteiger partial charge in [-0.3, -0.25) is 9.97 Å². The second-order valence-corrected chi connectivity index (χ2v) is 10.4. The van der Waals surface area contributed by atoms with Crippen LogP contribution in [0.25, 0.3) is 76.3 Å². The van der Waals surface area contributed by atoms with Crippen LogP contribution in [0.1, 0.15) is 31.4 Å². The van der Waals surface area contributed by atoms with Crippen molar-refractivity contribution < 1.29 is 0 Å². The number of hydrogen-bond acceptors (Lipinski definition) is 4. The Morgan fingerprint density at radius 2 is 1.13 bits per heavy atom. The molecule has 0 aliphatic rings. The van der Waals surface area contributed by atoms with Crippen LogP contribution in [0, 0.1) is 6.92 Å². The normalized spacial score (nSPS) is 12.3. The van der Waals surface area contributed by atoms with E-state index in [1.165, 1.54) is 32.7 Å². The van der Waals surface area contributed by atoms with Crippen LogP contribution in [-0.2, 0) is 0 Å². The number of hydrogen-bond donors (Lipinski definition) is 2. The second kappa shape index (κ2) is 7.59. The molecule has 4 aromatic carbocycles. The van der Waals surface area contributed by atoms with Crippen molar-refractivity contribution in [2.75, 3.05) is 0 Å². The summed E-state index contributed by atoms with van der Waals surface area (Å²) in [5.41, 5.74) is 6.43. The number of pyridine rings is 2. The monoisotopic (exact) mass is 492 g/mol. The lowest BCUT2D eigenvalue weighted by Crippen LogP contribution is -1.88. The van der Waals surface area contributed by atoms with Gasteiger partial charge in [0.15, 0.2) is 0 Å².